The molecule has 0 spiro atoms. The van der Waals surface area contributed by atoms with Crippen LogP contribution in [0.2, 0.25) is 5.02 Å². The highest BCUT2D eigenvalue weighted by molar-refractivity contribution is 7.99. The molecule has 6 nitrogen and oxygen atoms in total. The molecule has 2 N–H and O–H groups in total. The smallest absolute Gasteiger partial charge is 0.256 e. The molecule has 0 saturated heterocycles. The molecule has 1 heterocycles. The van der Waals surface area contributed by atoms with E-state index < -0.39 is 0 Å². The molecule has 3 aromatic rings. The first kappa shape index (κ1) is 19.9. The number of para-hydroxylation sites is 1. The van der Waals surface area contributed by atoms with Crippen molar-refractivity contribution in [1.82, 2.24) is 10.2 Å². The molecule has 0 bridgehead atoms. The van der Waals surface area contributed by atoms with Crippen LogP contribution in [0.3, 0.4) is 0 Å². The fraction of sp³-hybridized carbons (Fsp3) is 0.100. The zero-order valence-corrected chi connectivity index (χ0v) is 16.6. The first-order valence-electron chi connectivity index (χ1n) is 8.40. The molecule has 0 aliphatic rings. The molecule has 142 valence electrons. The minimum absolute atomic E-state index is 0.162. The summed E-state index contributed by atoms with van der Waals surface area (Å²) in [5.74, 6) is 0.0514. The number of aryl methyl sites for hydroxylation is 1. The zero-order valence-electron chi connectivity index (χ0n) is 15.0. The van der Waals surface area contributed by atoms with Gasteiger partial charge in [0.15, 0.2) is 5.82 Å². The van der Waals surface area contributed by atoms with Gasteiger partial charge in [-0.05, 0) is 43.3 Å². The fourth-order valence-electron chi connectivity index (χ4n) is 2.25. The van der Waals surface area contributed by atoms with E-state index in [-0.39, 0.29) is 17.6 Å². The van der Waals surface area contributed by atoms with Crippen LogP contribution in [0.25, 0.3) is 0 Å². The Hall–Kier alpha value is -2.90. The maximum atomic E-state index is 12.2. The molecule has 8 heteroatoms. The minimum atomic E-state index is -0.256. The highest BCUT2D eigenvalue weighted by Gasteiger charge is 2.09. The summed E-state index contributed by atoms with van der Waals surface area (Å²) in [6.45, 7) is 1.96. The zero-order chi connectivity index (χ0) is 19.9. The minimum Gasteiger partial charge on any atom is -0.324 e. The van der Waals surface area contributed by atoms with Crippen LogP contribution in [0.4, 0.5) is 11.5 Å². The number of hydrogen-bond donors (Lipinski definition) is 2. The molecule has 0 aliphatic heterocycles. The average Bonchev–Trinajstić information content (AvgIpc) is 2.70. The molecular weight excluding hydrogens is 396 g/mol. The van der Waals surface area contributed by atoms with Crippen molar-refractivity contribution < 1.29 is 9.59 Å². The van der Waals surface area contributed by atoms with Crippen molar-refractivity contribution in [3.05, 3.63) is 76.8 Å². The molecule has 0 fully saturated rings. The Morgan fingerprint density at radius 1 is 0.964 bits per heavy atom. The molecule has 0 saturated carbocycles. The predicted octanol–water partition coefficient (Wildman–Crippen LogP) is 4.42. The molecule has 28 heavy (non-hydrogen) atoms. The van der Waals surface area contributed by atoms with Crippen molar-refractivity contribution in [2.75, 3.05) is 16.4 Å². The Labute approximate surface area is 171 Å². The molecule has 0 atom stereocenters. The number of aromatic nitrogens is 2. The number of carbonyl (C=O) groups excluding carboxylic acids is 2. The van der Waals surface area contributed by atoms with Gasteiger partial charge in [0.05, 0.1) is 16.5 Å². The maximum Gasteiger partial charge on any atom is 0.256 e. The van der Waals surface area contributed by atoms with Crippen LogP contribution in [-0.2, 0) is 4.79 Å². The van der Waals surface area contributed by atoms with Crippen molar-refractivity contribution >= 4 is 46.7 Å². The largest absolute Gasteiger partial charge is 0.324 e. The molecule has 0 unspecified atom stereocenters. The van der Waals surface area contributed by atoms with Gasteiger partial charge in [-0.3, -0.25) is 9.59 Å². The second-order valence-corrected chi connectivity index (χ2v) is 7.30. The number of thioether (sulfide) groups is 1. The van der Waals surface area contributed by atoms with E-state index in [0.717, 1.165) is 5.56 Å². The summed E-state index contributed by atoms with van der Waals surface area (Å²) in [6, 6.07) is 17.6. The van der Waals surface area contributed by atoms with Gasteiger partial charge < -0.3 is 10.6 Å². The van der Waals surface area contributed by atoms with Gasteiger partial charge in [-0.1, -0.05) is 53.2 Å². The van der Waals surface area contributed by atoms with Crippen LogP contribution < -0.4 is 10.6 Å². The Kier molecular flexibility index (Phi) is 6.62. The van der Waals surface area contributed by atoms with E-state index in [9.17, 15) is 9.59 Å². The number of hydrogen-bond acceptors (Lipinski definition) is 5. The van der Waals surface area contributed by atoms with Crippen LogP contribution in [0.15, 0.2) is 65.7 Å². The molecule has 1 aromatic heterocycles. The third kappa shape index (κ3) is 5.55. The van der Waals surface area contributed by atoms with Gasteiger partial charge in [0, 0.05) is 5.56 Å². The van der Waals surface area contributed by atoms with Gasteiger partial charge in [0.1, 0.15) is 5.03 Å². The lowest BCUT2D eigenvalue weighted by molar-refractivity contribution is -0.113. The van der Waals surface area contributed by atoms with Gasteiger partial charge in [-0.15, -0.1) is 10.2 Å². The summed E-state index contributed by atoms with van der Waals surface area (Å²) in [5.41, 5.74) is 2.19. The summed E-state index contributed by atoms with van der Waals surface area (Å²) in [7, 11) is 0. The SMILES string of the molecule is Cc1ccc(C(=O)Nc2ccc(SCC(=O)Nc3ccccc3Cl)nn2)cc1. The number of rotatable bonds is 6. The van der Waals surface area contributed by atoms with E-state index in [0.29, 0.717) is 27.1 Å². The highest BCUT2D eigenvalue weighted by Crippen LogP contribution is 2.21. The normalized spacial score (nSPS) is 10.4. The van der Waals surface area contributed by atoms with Crippen molar-refractivity contribution in [2.24, 2.45) is 0 Å². The molecule has 2 amide bonds. The fourth-order valence-corrected chi connectivity index (χ4v) is 3.04. The van der Waals surface area contributed by atoms with E-state index in [1.807, 2.05) is 19.1 Å². The van der Waals surface area contributed by atoms with Crippen molar-refractivity contribution in [3.8, 4) is 0 Å². The Balaban J connectivity index is 1.51. The second kappa shape index (κ2) is 9.34. The standard InChI is InChI=1S/C20H17ClN4O2S/c1-13-6-8-14(9-7-13)20(27)23-17-10-11-19(25-24-17)28-12-18(26)22-16-5-3-2-4-15(16)21/h2-11H,12H2,1H3,(H,22,26)(H,23,24,27). The second-order valence-electron chi connectivity index (χ2n) is 5.89. The molecule has 3 rings (SSSR count). The average molecular weight is 413 g/mol. The number of amides is 2. The molecule has 0 aliphatic carbocycles. The lowest BCUT2D eigenvalue weighted by atomic mass is 10.1. The van der Waals surface area contributed by atoms with Crippen LogP contribution in [0.1, 0.15) is 15.9 Å². The van der Waals surface area contributed by atoms with Crippen molar-refractivity contribution in [1.29, 1.82) is 0 Å². The Morgan fingerprint density at radius 2 is 1.71 bits per heavy atom. The number of nitrogens with zero attached hydrogens (tertiary/aromatic N) is 2. The maximum absolute atomic E-state index is 12.2. The first-order chi connectivity index (χ1) is 13.5. The number of benzene rings is 2. The van der Waals surface area contributed by atoms with E-state index in [4.69, 9.17) is 11.6 Å². The number of halogens is 1. The summed E-state index contributed by atoms with van der Waals surface area (Å²) >= 11 is 7.26. The van der Waals surface area contributed by atoms with Gasteiger partial charge in [0.2, 0.25) is 5.91 Å². The van der Waals surface area contributed by atoms with E-state index in [1.54, 1.807) is 48.5 Å². The molecular formula is C20H17ClN4O2S. The van der Waals surface area contributed by atoms with Crippen LogP contribution >= 0.6 is 23.4 Å². The Morgan fingerprint density at radius 3 is 2.39 bits per heavy atom. The van der Waals surface area contributed by atoms with Crippen LogP contribution in [0, 0.1) is 6.92 Å². The number of carbonyl (C=O) groups is 2. The molecule has 0 radical (unpaired) electrons. The van der Waals surface area contributed by atoms with Gasteiger partial charge in [-0.2, -0.15) is 0 Å². The van der Waals surface area contributed by atoms with Crippen LogP contribution in [0.5, 0.6) is 0 Å². The van der Waals surface area contributed by atoms with Crippen molar-refractivity contribution in [2.45, 2.75) is 11.9 Å². The lowest BCUT2D eigenvalue weighted by Crippen LogP contribution is -2.15. The predicted molar refractivity (Wildman–Crippen MR) is 112 cm³/mol. The highest BCUT2D eigenvalue weighted by atomic mass is 35.5. The summed E-state index contributed by atoms with van der Waals surface area (Å²) in [5, 5.41) is 14.5. The Bertz CT molecular complexity index is 978. The van der Waals surface area contributed by atoms with Gasteiger partial charge in [-0.25, -0.2) is 0 Å². The van der Waals surface area contributed by atoms with E-state index in [2.05, 4.69) is 20.8 Å². The summed E-state index contributed by atoms with van der Waals surface area (Å²) in [6.07, 6.45) is 0. The lowest BCUT2D eigenvalue weighted by Gasteiger charge is -2.07. The topological polar surface area (TPSA) is 84.0 Å². The quantitative estimate of drug-likeness (QED) is 0.585. The van der Waals surface area contributed by atoms with Gasteiger partial charge in [0.25, 0.3) is 5.91 Å². The monoisotopic (exact) mass is 412 g/mol. The van der Waals surface area contributed by atoms with Gasteiger partial charge >= 0.3 is 0 Å². The first-order valence-corrected chi connectivity index (χ1v) is 9.76. The number of anilines is 2. The van der Waals surface area contributed by atoms with E-state index >= 15 is 0 Å². The summed E-state index contributed by atoms with van der Waals surface area (Å²) < 4.78 is 0. The van der Waals surface area contributed by atoms with Crippen LogP contribution in [-0.4, -0.2) is 27.8 Å². The third-order valence-corrected chi connectivity index (χ3v) is 4.94. The number of nitrogens with one attached hydrogen (secondary N) is 2. The third-order valence-electron chi connectivity index (χ3n) is 3.69. The van der Waals surface area contributed by atoms with Crippen molar-refractivity contribution in [3.63, 3.8) is 0 Å². The summed E-state index contributed by atoms with van der Waals surface area (Å²) in [4.78, 5) is 24.2. The molecule has 2 aromatic carbocycles. The van der Waals surface area contributed by atoms with E-state index in [1.165, 1.54) is 11.8 Å².